The minimum Gasteiger partial charge on any atom is -0.312 e. The number of nitrogens with one attached hydrogen (secondary N) is 1. The fraction of sp³-hybridized carbons (Fsp3) is 0.353. The molecule has 21 heavy (non-hydrogen) atoms. The number of fused-ring (bicyclic) bond motifs is 1. The van der Waals surface area contributed by atoms with Crippen LogP contribution in [0.3, 0.4) is 0 Å². The third-order valence-corrected chi connectivity index (χ3v) is 4.48. The van der Waals surface area contributed by atoms with Gasteiger partial charge in [0, 0.05) is 34.4 Å². The Morgan fingerprint density at radius 1 is 1.38 bits per heavy atom. The van der Waals surface area contributed by atoms with E-state index in [1.807, 2.05) is 19.3 Å². The molecule has 110 valence electrons. The van der Waals surface area contributed by atoms with Crippen LogP contribution in [0, 0.1) is 5.82 Å². The van der Waals surface area contributed by atoms with Crippen molar-refractivity contribution in [3.8, 4) is 0 Å². The number of halogens is 2. The molecule has 1 heterocycles. The van der Waals surface area contributed by atoms with Crippen molar-refractivity contribution in [1.82, 2.24) is 10.3 Å². The molecule has 0 spiro atoms. The van der Waals surface area contributed by atoms with E-state index in [1.54, 1.807) is 12.1 Å². The van der Waals surface area contributed by atoms with Gasteiger partial charge in [0.15, 0.2) is 0 Å². The lowest BCUT2D eigenvalue weighted by Crippen LogP contribution is -2.28. The van der Waals surface area contributed by atoms with Gasteiger partial charge in [0.2, 0.25) is 0 Å². The first-order valence-electron chi connectivity index (χ1n) is 7.26. The van der Waals surface area contributed by atoms with Crippen LogP contribution in [-0.2, 0) is 6.42 Å². The van der Waals surface area contributed by atoms with Crippen LogP contribution >= 0.6 is 11.6 Å². The van der Waals surface area contributed by atoms with E-state index in [4.69, 9.17) is 11.6 Å². The van der Waals surface area contributed by atoms with Gasteiger partial charge in [-0.25, -0.2) is 4.39 Å². The van der Waals surface area contributed by atoms with Crippen molar-refractivity contribution in [2.45, 2.75) is 31.2 Å². The second kappa shape index (κ2) is 6.12. The quantitative estimate of drug-likeness (QED) is 0.916. The van der Waals surface area contributed by atoms with Crippen molar-refractivity contribution in [2.75, 3.05) is 7.05 Å². The fourth-order valence-corrected chi connectivity index (χ4v) is 3.48. The summed E-state index contributed by atoms with van der Waals surface area (Å²) in [4.78, 5) is 4.55. The average molecular weight is 305 g/mol. The zero-order valence-corrected chi connectivity index (χ0v) is 12.7. The summed E-state index contributed by atoms with van der Waals surface area (Å²) in [6, 6.07) is 8.71. The Bertz CT molecular complexity index is 644. The zero-order chi connectivity index (χ0) is 14.8. The molecule has 1 aromatic carbocycles. The normalized spacial score (nSPS) is 19.1. The first-order valence-corrected chi connectivity index (χ1v) is 7.64. The van der Waals surface area contributed by atoms with Gasteiger partial charge in [-0.15, -0.1) is 0 Å². The fourth-order valence-electron chi connectivity index (χ4n) is 3.30. The Hall–Kier alpha value is -1.45. The van der Waals surface area contributed by atoms with E-state index in [9.17, 15) is 4.39 Å². The molecule has 0 saturated carbocycles. The number of benzene rings is 1. The van der Waals surface area contributed by atoms with Crippen LogP contribution in [0.4, 0.5) is 4.39 Å². The molecule has 1 aromatic heterocycles. The molecule has 3 rings (SSSR count). The lowest BCUT2D eigenvalue weighted by Gasteiger charge is -2.31. The predicted molar refractivity (Wildman–Crippen MR) is 83.1 cm³/mol. The van der Waals surface area contributed by atoms with E-state index in [0.717, 1.165) is 25.0 Å². The van der Waals surface area contributed by atoms with E-state index in [2.05, 4.69) is 16.4 Å². The van der Waals surface area contributed by atoms with E-state index in [0.29, 0.717) is 10.6 Å². The molecular weight excluding hydrogens is 287 g/mol. The molecular formula is C17H18ClFN2. The molecule has 2 atom stereocenters. The summed E-state index contributed by atoms with van der Waals surface area (Å²) in [6.45, 7) is 0. The Morgan fingerprint density at radius 2 is 2.24 bits per heavy atom. The number of pyridine rings is 1. The molecule has 1 aliphatic carbocycles. The third-order valence-electron chi connectivity index (χ3n) is 4.25. The highest BCUT2D eigenvalue weighted by atomic mass is 35.5. The summed E-state index contributed by atoms with van der Waals surface area (Å²) in [5.74, 6) is -0.0466. The highest BCUT2D eigenvalue weighted by Gasteiger charge is 2.30. The lowest BCUT2D eigenvalue weighted by molar-refractivity contribution is 0.403. The molecule has 0 bridgehead atoms. The highest BCUT2D eigenvalue weighted by Crippen LogP contribution is 2.40. The Kier molecular flexibility index (Phi) is 4.22. The molecule has 0 aliphatic heterocycles. The molecule has 2 unspecified atom stereocenters. The molecule has 0 saturated heterocycles. The van der Waals surface area contributed by atoms with Crippen molar-refractivity contribution in [2.24, 2.45) is 0 Å². The van der Waals surface area contributed by atoms with Crippen LogP contribution in [0.1, 0.15) is 41.6 Å². The number of aromatic nitrogens is 1. The highest BCUT2D eigenvalue weighted by molar-refractivity contribution is 6.30. The van der Waals surface area contributed by atoms with E-state index in [-0.39, 0.29) is 17.8 Å². The molecule has 4 heteroatoms. The molecule has 1 N–H and O–H groups in total. The number of aryl methyl sites for hydroxylation is 1. The average Bonchev–Trinajstić information content (AvgIpc) is 2.51. The molecule has 2 aromatic rings. The summed E-state index contributed by atoms with van der Waals surface area (Å²) in [5, 5.41) is 3.82. The molecule has 2 nitrogen and oxygen atoms in total. The summed E-state index contributed by atoms with van der Waals surface area (Å²) in [7, 11) is 1.86. The maximum absolute atomic E-state index is 14.2. The predicted octanol–water partition coefficient (Wildman–Crippen LogP) is 4.25. The Morgan fingerprint density at radius 3 is 3.05 bits per heavy atom. The van der Waals surface area contributed by atoms with Crippen molar-refractivity contribution in [3.05, 3.63) is 64.2 Å². The van der Waals surface area contributed by atoms with Crippen LogP contribution in [0.2, 0.25) is 5.02 Å². The molecule has 0 fully saturated rings. The SMILES string of the molecule is CNC(c1cc(Cl)ccc1F)C1CCCc2cccnc21. The van der Waals surface area contributed by atoms with Crippen LogP contribution in [0.5, 0.6) is 0 Å². The van der Waals surface area contributed by atoms with Crippen molar-refractivity contribution < 1.29 is 4.39 Å². The number of nitrogens with zero attached hydrogens (tertiary/aromatic N) is 1. The van der Waals surface area contributed by atoms with Gasteiger partial charge >= 0.3 is 0 Å². The number of likely N-dealkylation sites (N-methyl/N-ethyl adjacent to an activating group) is 1. The smallest absolute Gasteiger partial charge is 0.128 e. The van der Waals surface area contributed by atoms with Gasteiger partial charge in [0.05, 0.1) is 0 Å². The Balaban J connectivity index is 2.03. The van der Waals surface area contributed by atoms with Gasteiger partial charge in [0.25, 0.3) is 0 Å². The standard InChI is InChI=1S/C17H18ClFN2/c1-20-17(14-10-12(18)7-8-15(14)19)13-6-2-4-11-5-3-9-21-16(11)13/h3,5,7-10,13,17,20H,2,4,6H2,1H3. The second-order valence-electron chi connectivity index (χ2n) is 5.48. The van der Waals surface area contributed by atoms with E-state index >= 15 is 0 Å². The maximum atomic E-state index is 14.2. The second-order valence-corrected chi connectivity index (χ2v) is 5.92. The number of rotatable bonds is 3. The summed E-state index contributed by atoms with van der Waals surface area (Å²) in [5.41, 5.74) is 2.98. The van der Waals surface area contributed by atoms with Crippen molar-refractivity contribution in [3.63, 3.8) is 0 Å². The van der Waals surface area contributed by atoms with E-state index < -0.39 is 0 Å². The molecule has 0 amide bonds. The van der Waals surface area contributed by atoms with Crippen molar-refractivity contribution in [1.29, 1.82) is 0 Å². The van der Waals surface area contributed by atoms with Crippen LogP contribution in [0.25, 0.3) is 0 Å². The monoisotopic (exact) mass is 304 g/mol. The minimum absolute atomic E-state index is 0.113. The third kappa shape index (κ3) is 2.81. The lowest BCUT2D eigenvalue weighted by atomic mass is 9.79. The van der Waals surface area contributed by atoms with Crippen LogP contribution in [-0.4, -0.2) is 12.0 Å². The van der Waals surface area contributed by atoms with Gasteiger partial charge < -0.3 is 5.32 Å². The topological polar surface area (TPSA) is 24.9 Å². The van der Waals surface area contributed by atoms with Gasteiger partial charge in [-0.3, -0.25) is 4.98 Å². The minimum atomic E-state index is -0.221. The van der Waals surface area contributed by atoms with Gasteiger partial charge in [-0.1, -0.05) is 17.7 Å². The molecule has 1 aliphatic rings. The van der Waals surface area contributed by atoms with Gasteiger partial charge in [0.1, 0.15) is 5.82 Å². The van der Waals surface area contributed by atoms with Crippen LogP contribution in [0.15, 0.2) is 36.5 Å². The first-order chi connectivity index (χ1) is 10.2. The largest absolute Gasteiger partial charge is 0.312 e. The summed E-state index contributed by atoms with van der Waals surface area (Å²) in [6.07, 6.45) is 4.97. The molecule has 0 radical (unpaired) electrons. The number of hydrogen-bond acceptors (Lipinski definition) is 2. The number of hydrogen-bond donors (Lipinski definition) is 1. The van der Waals surface area contributed by atoms with Crippen molar-refractivity contribution >= 4 is 11.6 Å². The zero-order valence-electron chi connectivity index (χ0n) is 11.9. The summed E-state index contributed by atoms with van der Waals surface area (Å²) < 4.78 is 14.2. The Labute approximate surface area is 129 Å². The summed E-state index contributed by atoms with van der Waals surface area (Å²) >= 11 is 6.05. The van der Waals surface area contributed by atoms with Gasteiger partial charge in [-0.05, 0) is 56.1 Å². The first kappa shape index (κ1) is 14.5. The van der Waals surface area contributed by atoms with E-state index in [1.165, 1.54) is 11.6 Å². The van der Waals surface area contributed by atoms with Crippen LogP contribution < -0.4 is 5.32 Å². The maximum Gasteiger partial charge on any atom is 0.128 e. The van der Waals surface area contributed by atoms with Gasteiger partial charge in [-0.2, -0.15) is 0 Å².